The Kier molecular flexibility index (Phi) is 1.95. The molecule has 0 unspecified atom stereocenters. The molecule has 74 valence electrons. The highest BCUT2D eigenvalue weighted by Gasteiger charge is 2.02. The summed E-state index contributed by atoms with van der Waals surface area (Å²) in [4.78, 5) is 0. The molecule has 0 N–H and O–H groups in total. The summed E-state index contributed by atoms with van der Waals surface area (Å²) >= 11 is 0. The topological polar surface area (TPSA) is 9.23 Å². The van der Waals surface area contributed by atoms with Crippen LogP contribution in [0.3, 0.4) is 0 Å². The average molecular weight is 196 g/mol. The highest BCUT2D eigenvalue weighted by atomic mass is 16.5. The van der Waals surface area contributed by atoms with E-state index in [1.807, 2.05) is 24.3 Å². The van der Waals surface area contributed by atoms with Crippen LogP contribution < -0.4 is 4.74 Å². The highest BCUT2D eigenvalue weighted by molar-refractivity contribution is 5.36. The van der Waals surface area contributed by atoms with Gasteiger partial charge in [-0.2, -0.15) is 0 Å². The molecule has 0 amide bonds. The first-order chi connectivity index (χ1) is 7.40. The Morgan fingerprint density at radius 1 is 0.600 bits per heavy atom. The van der Waals surface area contributed by atoms with E-state index in [2.05, 4.69) is 24.3 Å². The fourth-order valence-electron chi connectivity index (χ4n) is 1.87. The Balaban J connectivity index is 2.09. The van der Waals surface area contributed by atoms with Crippen LogP contribution in [0, 0.1) is 0 Å². The molecule has 4 aliphatic heterocycles. The minimum Gasteiger partial charge on any atom is -0.457 e. The molecule has 1 heteroatoms. The lowest BCUT2D eigenvalue weighted by Crippen LogP contribution is -1.89. The molecule has 4 bridgehead atoms. The van der Waals surface area contributed by atoms with E-state index in [1.165, 1.54) is 11.1 Å². The van der Waals surface area contributed by atoms with Gasteiger partial charge in [0.05, 0.1) is 0 Å². The fourth-order valence-corrected chi connectivity index (χ4v) is 1.87. The zero-order valence-electron chi connectivity index (χ0n) is 8.44. The summed E-state index contributed by atoms with van der Waals surface area (Å²) in [7, 11) is 0. The lowest BCUT2D eigenvalue weighted by atomic mass is 10.0. The first-order valence-electron chi connectivity index (χ1n) is 5.26. The van der Waals surface area contributed by atoms with Gasteiger partial charge >= 0.3 is 0 Å². The van der Waals surface area contributed by atoms with E-state index in [0.717, 1.165) is 24.3 Å². The van der Waals surface area contributed by atoms with Crippen molar-refractivity contribution in [2.75, 3.05) is 0 Å². The van der Waals surface area contributed by atoms with E-state index >= 15 is 0 Å². The molecule has 15 heavy (non-hydrogen) atoms. The quantitative estimate of drug-likeness (QED) is 0.625. The van der Waals surface area contributed by atoms with Crippen molar-refractivity contribution in [3.8, 4) is 11.5 Å². The molecule has 4 aliphatic rings. The molecular formula is C14H12O. The van der Waals surface area contributed by atoms with Crippen LogP contribution in [0.1, 0.15) is 11.1 Å². The summed E-state index contributed by atoms with van der Waals surface area (Å²) in [5.41, 5.74) is 2.74. The van der Waals surface area contributed by atoms with Gasteiger partial charge in [-0.25, -0.2) is 0 Å². The van der Waals surface area contributed by atoms with Gasteiger partial charge in [-0.1, -0.05) is 24.3 Å². The normalized spacial score (nSPS) is 13.3. The van der Waals surface area contributed by atoms with Crippen LogP contribution in [-0.4, -0.2) is 0 Å². The molecule has 2 aromatic carbocycles. The van der Waals surface area contributed by atoms with Gasteiger partial charge in [-0.3, -0.25) is 0 Å². The Morgan fingerprint density at radius 3 is 1.40 bits per heavy atom. The summed E-state index contributed by atoms with van der Waals surface area (Å²) in [5.74, 6) is 1.82. The molecule has 6 rings (SSSR count). The third kappa shape index (κ3) is 1.73. The first-order valence-corrected chi connectivity index (χ1v) is 5.26. The third-order valence-corrected chi connectivity index (χ3v) is 2.78. The summed E-state index contributed by atoms with van der Waals surface area (Å²) in [6, 6.07) is 16.7. The Bertz CT molecular complexity index is 408. The lowest BCUT2D eigenvalue weighted by molar-refractivity contribution is 0.482. The number of rotatable bonds is 0. The second-order valence-corrected chi connectivity index (χ2v) is 3.89. The minimum absolute atomic E-state index is 0.911. The van der Waals surface area contributed by atoms with E-state index in [0.29, 0.717) is 0 Å². The van der Waals surface area contributed by atoms with Crippen molar-refractivity contribution in [3.63, 3.8) is 0 Å². The molecule has 0 aromatic heterocycles. The largest absolute Gasteiger partial charge is 0.457 e. The second-order valence-electron chi connectivity index (χ2n) is 3.89. The maximum atomic E-state index is 5.72. The van der Waals surface area contributed by atoms with E-state index in [9.17, 15) is 0 Å². The van der Waals surface area contributed by atoms with Crippen LogP contribution in [-0.2, 0) is 12.8 Å². The fraction of sp³-hybridized carbons (Fsp3) is 0.143. The molecule has 0 aliphatic carbocycles. The van der Waals surface area contributed by atoms with Crippen molar-refractivity contribution in [2.24, 2.45) is 0 Å². The average Bonchev–Trinajstić information content (AvgIpc) is 2.39. The van der Waals surface area contributed by atoms with Crippen molar-refractivity contribution < 1.29 is 4.74 Å². The van der Waals surface area contributed by atoms with E-state index in [1.54, 1.807) is 0 Å². The van der Waals surface area contributed by atoms with Gasteiger partial charge in [0.1, 0.15) is 11.5 Å². The smallest absolute Gasteiger partial charge is 0.127 e. The summed E-state index contributed by atoms with van der Waals surface area (Å²) in [5, 5.41) is 0. The summed E-state index contributed by atoms with van der Waals surface area (Å²) < 4.78 is 5.72. The predicted molar refractivity (Wildman–Crippen MR) is 60.4 cm³/mol. The van der Waals surface area contributed by atoms with Crippen LogP contribution in [0.2, 0.25) is 0 Å². The Hall–Kier alpha value is -1.76. The van der Waals surface area contributed by atoms with Crippen LogP contribution in [0.25, 0.3) is 0 Å². The highest BCUT2D eigenvalue weighted by Crippen LogP contribution is 2.24. The predicted octanol–water partition coefficient (Wildman–Crippen LogP) is 3.58. The number of hydrogen-bond acceptors (Lipinski definition) is 1. The van der Waals surface area contributed by atoms with Gasteiger partial charge in [-0.05, 0) is 48.2 Å². The van der Waals surface area contributed by atoms with Crippen molar-refractivity contribution >= 4 is 0 Å². The van der Waals surface area contributed by atoms with Crippen LogP contribution in [0.4, 0.5) is 0 Å². The van der Waals surface area contributed by atoms with Crippen LogP contribution in [0.15, 0.2) is 48.5 Å². The van der Waals surface area contributed by atoms with Gasteiger partial charge in [0.2, 0.25) is 0 Å². The molecule has 0 saturated carbocycles. The van der Waals surface area contributed by atoms with Crippen molar-refractivity contribution in [2.45, 2.75) is 12.8 Å². The van der Waals surface area contributed by atoms with Gasteiger partial charge in [-0.15, -0.1) is 0 Å². The molecule has 0 radical (unpaired) electrons. The molecule has 4 heterocycles. The number of benzene rings is 2. The molecule has 0 atom stereocenters. The summed E-state index contributed by atoms with van der Waals surface area (Å²) in [6.07, 6.45) is 2.19. The molecule has 0 fully saturated rings. The standard InChI is InChI=1S/C14H12O/c1-2-12-5-9-14(10-6-12)15-13-7-3-11(1)4-8-13/h3-10H,1-2H2. The first kappa shape index (κ1) is 8.54. The monoisotopic (exact) mass is 196 g/mol. The van der Waals surface area contributed by atoms with Crippen molar-refractivity contribution in [1.29, 1.82) is 0 Å². The third-order valence-electron chi connectivity index (χ3n) is 2.78. The number of hydrogen-bond donors (Lipinski definition) is 0. The molecule has 0 saturated heterocycles. The van der Waals surface area contributed by atoms with Crippen LogP contribution in [0.5, 0.6) is 11.5 Å². The second kappa shape index (κ2) is 3.43. The van der Waals surface area contributed by atoms with E-state index < -0.39 is 0 Å². The minimum atomic E-state index is 0.911. The van der Waals surface area contributed by atoms with Gasteiger partial charge in [0.15, 0.2) is 0 Å². The van der Waals surface area contributed by atoms with Crippen LogP contribution >= 0.6 is 0 Å². The van der Waals surface area contributed by atoms with Crippen molar-refractivity contribution in [1.82, 2.24) is 0 Å². The number of aryl methyl sites for hydroxylation is 2. The zero-order valence-corrected chi connectivity index (χ0v) is 8.44. The lowest BCUT2D eigenvalue weighted by Gasteiger charge is -2.04. The van der Waals surface area contributed by atoms with Gasteiger partial charge in [0, 0.05) is 0 Å². The van der Waals surface area contributed by atoms with E-state index in [-0.39, 0.29) is 0 Å². The van der Waals surface area contributed by atoms with E-state index in [4.69, 9.17) is 4.74 Å². The Morgan fingerprint density at radius 2 is 1.00 bits per heavy atom. The maximum absolute atomic E-state index is 5.72. The van der Waals surface area contributed by atoms with Crippen molar-refractivity contribution in [3.05, 3.63) is 59.7 Å². The molecule has 0 spiro atoms. The molecule has 1 nitrogen and oxygen atoms in total. The maximum Gasteiger partial charge on any atom is 0.127 e. The molecular weight excluding hydrogens is 184 g/mol. The molecule has 2 aromatic rings. The van der Waals surface area contributed by atoms with Gasteiger partial charge < -0.3 is 4.74 Å². The number of ether oxygens (including phenoxy) is 1. The zero-order chi connectivity index (χ0) is 10.1. The van der Waals surface area contributed by atoms with Gasteiger partial charge in [0.25, 0.3) is 0 Å². The Labute approximate surface area is 89.3 Å². The summed E-state index contributed by atoms with van der Waals surface area (Å²) in [6.45, 7) is 0. The SMILES string of the molecule is c1cc2ccc1CCc1ccc(cc1)O2.